The maximum atomic E-state index is 6.20. The minimum atomic E-state index is -1.76. The molecular formula is C14H22O2Si. The van der Waals surface area contributed by atoms with E-state index in [1.807, 2.05) is 24.3 Å². The van der Waals surface area contributed by atoms with Crippen LogP contribution in [0.25, 0.3) is 0 Å². The van der Waals surface area contributed by atoms with Gasteiger partial charge in [-0.3, -0.25) is 0 Å². The SMILES string of the molecule is CO[C]c1cccc(O[Si](C)(C)C(C)(C)C)c1. The van der Waals surface area contributed by atoms with Crippen molar-refractivity contribution in [3.05, 3.63) is 36.4 Å². The molecule has 1 aromatic rings. The number of hydrogen-bond acceptors (Lipinski definition) is 2. The molecule has 0 fully saturated rings. The standard InChI is InChI=1S/C14H22O2Si/c1-14(2,3)17(5,6)16-13-9-7-8-12(10-13)11-15-4/h7-10H,1-6H3. The minimum absolute atomic E-state index is 0.206. The van der Waals surface area contributed by atoms with Crippen LogP contribution in [0.15, 0.2) is 24.3 Å². The molecular weight excluding hydrogens is 228 g/mol. The highest BCUT2D eigenvalue weighted by atomic mass is 28.4. The van der Waals surface area contributed by atoms with Gasteiger partial charge in [0.25, 0.3) is 0 Å². The van der Waals surface area contributed by atoms with Crippen molar-refractivity contribution in [2.45, 2.75) is 38.9 Å². The van der Waals surface area contributed by atoms with Gasteiger partial charge in [0.1, 0.15) is 5.75 Å². The molecule has 0 aliphatic rings. The normalized spacial score (nSPS) is 12.6. The molecule has 94 valence electrons. The Labute approximate surface area is 106 Å². The highest BCUT2D eigenvalue weighted by Crippen LogP contribution is 2.37. The lowest BCUT2D eigenvalue weighted by Gasteiger charge is -2.36. The van der Waals surface area contributed by atoms with Gasteiger partial charge in [-0.15, -0.1) is 0 Å². The molecule has 0 amide bonds. The first-order valence-corrected chi connectivity index (χ1v) is 8.75. The molecule has 0 N–H and O–H groups in total. The Kier molecular flexibility index (Phi) is 4.39. The van der Waals surface area contributed by atoms with Crippen LogP contribution in [0, 0.1) is 6.61 Å². The average molecular weight is 250 g/mol. The van der Waals surface area contributed by atoms with Gasteiger partial charge >= 0.3 is 0 Å². The summed E-state index contributed by atoms with van der Waals surface area (Å²) in [7, 11) is -0.162. The lowest BCUT2D eigenvalue weighted by atomic mass is 10.2. The van der Waals surface area contributed by atoms with Gasteiger partial charge in [0.05, 0.1) is 0 Å². The van der Waals surface area contributed by atoms with Crippen molar-refractivity contribution >= 4 is 8.32 Å². The summed E-state index contributed by atoms with van der Waals surface area (Å²) in [6, 6.07) is 7.86. The lowest BCUT2D eigenvalue weighted by molar-refractivity contribution is 0.292. The summed E-state index contributed by atoms with van der Waals surface area (Å²) in [6.07, 6.45) is 0. The van der Waals surface area contributed by atoms with E-state index >= 15 is 0 Å². The second-order valence-corrected chi connectivity index (χ2v) is 10.4. The molecule has 0 aliphatic heterocycles. The average Bonchev–Trinajstić information content (AvgIpc) is 2.16. The van der Waals surface area contributed by atoms with Crippen LogP contribution >= 0.6 is 0 Å². The first kappa shape index (κ1) is 14.3. The first-order valence-electron chi connectivity index (χ1n) is 5.84. The van der Waals surface area contributed by atoms with Crippen LogP contribution in [0.3, 0.4) is 0 Å². The summed E-state index contributed by atoms with van der Waals surface area (Å²) in [5, 5.41) is 0.206. The fraction of sp³-hybridized carbons (Fsp3) is 0.500. The highest BCUT2D eigenvalue weighted by molar-refractivity contribution is 6.74. The van der Waals surface area contributed by atoms with Crippen LogP contribution < -0.4 is 4.43 Å². The van der Waals surface area contributed by atoms with Gasteiger partial charge in [-0.25, -0.2) is 0 Å². The molecule has 1 rings (SSSR count). The smallest absolute Gasteiger partial charge is 0.250 e. The first-order chi connectivity index (χ1) is 7.76. The van der Waals surface area contributed by atoms with E-state index in [4.69, 9.17) is 9.16 Å². The molecule has 0 heterocycles. The zero-order chi connectivity index (χ0) is 13.1. The molecule has 17 heavy (non-hydrogen) atoms. The van der Waals surface area contributed by atoms with Crippen LogP contribution in [-0.4, -0.2) is 15.4 Å². The van der Waals surface area contributed by atoms with E-state index in [0.717, 1.165) is 11.3 Å². The van der Waals surface area contributed by atoms with Gasteiger partial charge in [0.15, 0.2) is 6.61 Å². The van der Waals surface area contributed by atoms with Crippen LogP contribution in [0.2, 0.25) is 18.1 Å². The maximum Gasteiger partial charge on any atom is 0.250 e. The zero-order valence-electron chi connectivity index (χ0n) is 11.6. The van der Waals surface area contributed by atoms with Crippen LogP contribution in [-0.2, 0) is 4.74 Å². The molecule has 0 spiro atoms. The van der Waals surface area contributed by atoms with Crippen LogP contribution in [0.1, 0.15) is 26.3 Å². The number of hydrogen-bond donors (Lipinski definition) is 0. The highest BCUT2D eigenvalue weighted by Gasteiger charge is 2.38. The third kappa shape index (κ3) is 3.86. The largest absolute Gasteiger partial charge is 0.543 e. The number of ether oxygens (including phenoxy) is 1. The number of benzene rings is 1. The summed E-state index contributed by atoms with van der Waals surface area (Å²) in [4.78, 5) is 0. The fourth-order valence-corrected chi connectivity index (χ4v) is 2.21. The molecule has 0 saturated heterocycles. The Morgan fingerprint density at radius 3 is 2.35 bits per heavy atom. The molecule has 0 aliphatic carbocycles. The van der Waals surface area contributed by atoms with Gasteiger partial charge in [0, 0.05) is 7.11 Å². The third-order valence-corrected chi connectivity index (χ3v) is 7.59. The molecule has 2 radical (unpaired) electrons. The third-order valence-electron chi connectivity index (χ3n) is 3.23. The predicted octanol–water partition coefficient (Wildman–Crippen LogP) is 4.10. The van der Waals surface area contributed by atoms with Crippen molar-refractivity contribution in [1.29, 1.82) is 0 Å². The van der Waals surface area contributed by atoms with Crippen molar-refractivity contribution in [3.8, 4) is 5.75 Å². The van der Waals surface area contributed by atoms with Crippen molar-refractivity contribution in [3.63, 3.8) is 0 Å². The van der Waals surface area contributed by atoms with Crippen LogP contribution in [0.5, 0.6) is 5.75 Å². The van der Waals surface area contributed by atoms with E-state index < -0.39 is 8.32 Å². The molecule has 1 aromatic carbocycles. The van der Waals surface area contributed by atoms with Crippen molar-refractivity contribution in [1.82, 2.24) is 0 Å². The number of methoxy groups -OCH3 is 1. The molecule has 0 bridgehead atoms. The summed E-state index contributed by atoms with van der Waals surface area (Å²) in [5.41, 5.74) is 0.906. The second-order valence-electron chi connectivity index (χ2n) is 5.70. The van der Waals surface area contributed by atoms with Crippen molar-refractivity contribution in [2.24, 2.45) is 0 Å². The van der Waals surface area contributed by atoms with Crippen LogP contribution in [0.4, 0.5) is 0 Å². The lowest BCUT2D eigenvalue weighted by Crippen LogP contribution is -2.43. The Hall–Kier alpha value is -0.803. The van der Waals surface area contributed by atoms with Gasteiger partial charge in [0.2, 0.25) is 8.32 Å². The van der Waals surface area contributed by atoms with Gasteiger partial charge in [-0.2, -0.15) is 0 Å². The molecule has 3 heteroatoms. The van der Waals surface area contributed by atoms with Gasteiger partial charge in [-0.05, 0) is 35.8 Å². The van der Waals surface area contributed by atoms with E-state index in [2.05, 4.69) is 40.5 Å². The van der Waals surface area contributed by atoms with E-state index in [1.54, 1.807) is 7.11 Å². The summed E-state index contributed by atoms with van der Waals surface area (Å²) < 4.78 is 11.1. The molecule has 0 unspecified atom stereocenters. The summed E-state index contributed by atoms with van der Waals surface area (Å²) in [6.45, 7) is 14.0. The summed E-state index contributed by atoms with van der Waals surface area (Å²) >= 11 is 0. The number of rotatable bonds is 4. The Morgan fingerprint density at radius 1 is 1.18 bits per heavy atom. The molecule has 0 atom stereocenters. The molecule has 2 nitrogen and oxygen atoms in total. The Bertz CT molecular complexity index is 367. The fourth-order valence-electron chi connectivity index (χ4n) is 1.19. The van der Waals surface area contributed by atoms with Gasteiger partial charge < -0.3 is 9.16 Å². The Morgan fingerprint density at radius 2 is 1.82 bits per heavy atom. The quantitative estimate of drug-likeness (QED) is 0.749. The maximum absolute atomic E-state index is 6.20. The zero-order valence-corrected chi connectivity index (χ0v) is 12.6. The molecule has 0 aromatic heterocycles. The minimum Gasteiger partial charge on any atom is -0.543 e. The van der Waals surface area contributed by atoms with Gasteiger partial charge in [-0.1, -0.05) is 32.9 Å². The monoisotopic (exact) mass is 250 g/mol. The van der Waals surface area contributed by atoms with Crippen molar-refractivity contribution < 1.29 is 9.16 Å². The second kappa shape index (κ2) is 5.23. The summed E-state index contributed by atoms with van der Waals surface area (Å²) in [5.74, 6) is 0.902. The molecule has 0 saturated carbocycles. The van der Waals surface area contributed by atoms with E-state index in [-0.39, 0.29) is 5.04 Å². The predicted molar refractivity (Wildman–Crippen MR) is 73.6 cm³/mol. The van der Waals surface area contributed by atoms with E-state index in [1.165, 1.54) is 0 Å². The van der Waals surface area contributed by atoms with E-state index in [9.17, 15) is 0 Å². The topological polar surface area (TPSA) is 18.5 Å². The van der Waals surface area contributed by atoms with E-state index in [0.29, 0.717) is 0 Å². The van der Waals surface area contributed by atoms with Crippen molar-refractivity contribution in [2.75, 3.05) is 7.11 Å². The Balaban J connectivity index is 2.84.